The van der Waals surface area contributed by atoms with Crippen LogP contribution in [0.4, 0.5) is 5.69 Å². The summed E-state index contributed by atoms with van der Waals surface area (Å²) in [6.07, 6.45) is 0.765. The van der Waals surface area contributed by atoms with Crippen LogP contribution in [0.2, 0.25) is 0 Å². The normalized spacial score (nSPS) is 10.1. The number of hydrogen-bond acceptors (Lipinski definition) is 6. The highest BCUT2D eigenvalue weighted by Crippen LogP contribution is 2.18. The Hall–Kier alpha value is -5.01. The maximum atomic E-state index is 13.7. The summed E-state index contributed by atoms with van der Waals surface area (Å²) < 4.78 is 0. The highest BCUT2D eigenvalue weighted by Gasteiger charge is 2.23. The first-order chi connectivity index (χ1) is 20.2. The fourth-order valence-electron chi connectivity index (χ4n) is 4.09. The fraction of sp³-hybridized carbons (Fsp3) is 0.281. The molecule has 0 saturated carbocycles. The number of amides is 2. The second-order valence-corrected chi connectivity index (χ2v) is 9.21. The van der Waals surface area contributed by atoms with Crippen LogP contribution in [0, 0.1) is 11.3 Å². The summed E-state index contributed by atoms with van der Waals surface area (Å²) in [4.78, 5) is 51.0. The molecule has 0 unspecified atom stereocenters. The fourth-order valence-corrected chi connectivity index (χ4v) is 4.09. The smallest absolute Gasteiger partial charge is 0.414 e. The molecule has 0 saturated heterocycles. The number of carboxylic acids is 2. The summed E-state index contributed by atoms with van der Waals surface area (Å²) in [7, 11) is 0. The number of carbonyl (C=O) groups excluding carboxylic acids is 2. The van der Waals surface area contributed by atoms with Gasteiger partial charge in [0.1, 0.15) is 6.54 Å². The molecular weight excluding hydrogens is 536 g/mol. The summed E-state index contributed by atoms with van der Waals surface area (Å²) in [6, 6.07) is 28.1. The third-order valence-corrected chi connectivity index (χ3v) is 6.41. The molecule has 3 rings (SSSR count). The Morgan fingerprint density at radius 2 is 1.31 bits per heavy atom. The molecule has 3 aromatic rings. The van der Waals surface area contributed by atoms with E-state index >= 15 is 0 Å². The molecular formula is C32H36N4O6. The number of benzene rings is 3. The van der Waals surface area contributed by atoms with Crippen LogP contribution >= 0.6 is 0 Å². The van der Waals surface area contributed by atoms with E-state index in [1.807, 2.05) is 60.7 Å². The van der Waals surface area contributed by atoms with Gasteiger partial charge in [-0.05, 0) is 68.0 Å². The number of carboxylic acid groups (broad SMARTS) is 2. The minimum atomic E-state index is -1.82. The molecule has 0 aliphatic rings. The highest BCUT2D eigenvalue weighted by atomic mass is 16.4. The third-order valence-electron chi connectivity index (χ3n) is 6.41. The first-order valence-electron chi connectivity index (χ1n) is 13.6. The monoisotopic (exact) mass is 572 g/mol. The number of carbonyl (C=O) groups is 4. The van der Waals surface area contributed by atoms with Crippen molar-refractivity contribution in [3.63, 3.8) is 0 Å². The van der Waals surface area contributed by atoms with E-state index in [4.69, 9.17) is 25.1 Å². The Bertz CT molecular complexity index is 1320. The SMILES string of the molecule is CCN(CC)CCCN(CC(=O)N(Cc1ccccc1)c1ccccc1)C(=O)c1ccc(C#N)cc1.O=C(O)C(=O)O. The van der Waals surface area contributed by atoms with Crippen molar-refractivity contribution in [2.24, 2.45) is 0 Å². The third kappa shape index (κ3) is 10.9. The summed E-state index contributed by atoms with van der Waals surface area (Å²) in [6.45, 7) is 7.83. The van der Waals surface area contributed by atoms with Gasteiger partial charge >= 0.3 is 11.9 Å². The number of anilines is 1. The predicted octanol–water partition coefficient (Wildman–Crippen LogP) is 4.12. The van der Waals surface area contributed by atoms with Crippen molar-refractivity contribution in [3.05, 3.63) is 102 Å². The standard InChI is InChI=1S/C30H34N4O2.C2H2O4/c1-3-32(4-2)20-11-21-33(30(36)27-18-16-25(22-31)17-19-27)24-29(35)34(28-14-9-6-10-15-28)23-26-12-7-5-8-13-26;3-1(4)2(5)6/h5-10,12-19H,3-4,11,20-21,23-24H2,1-2H3;(H,3,4)(H,5,6). The zero-order chi connectivity index (χ0) is 30.9. The number of rotatable bonds is 12. The Morgan fingerprint density at radius 3 is 1.81 bits per heavy atom. The predicted molar refractivity (Wildman–Crippen MR) is 159 cm³/mol. The van der Waals surface area contributed by atoms with Gasteiger partial charge in [-0.15, -0.1) is 0 Å². The number of nitrogens with zero attached hydrogens (tertiary/aromatic N) is 4. The molecule has 0 radical (unpaired) electrons. The zero-order valence-electron chi connectivity index (χ0n) is 23.8. The molecule has 0 aromatic heterocycles. The van der Waals surface area contributed by atoms with E-state index in [1.165, 1.54) is 0 Å². The van der Waals surface area contributed by atoms with Crippen LogP contribution in [-0.4, -0.2) is 76.5 Å². The van der Waals surface area contributed by atoms with Crippen molar-refractivity contribution < 1.29 is 29.4 Å². The molecule has 3 aromatic carbocycles. The van der Waals surface area contributed by atoms with Crippen molar-refractivity contribution in [2.45, 2.75) is 26.8 Å². The minimum absolute atomic E-state index is 0.0290. The Kier molecular flexibility index (Phi) is 13.9. The molecule has 220 valence electrons. The molecule has 2 N–H and O–H groups in total. The van der Waals surface area contributed by atoms with Crippen LogP contribution in [0.3, 0.4) is 0 Å². The van der Waals surface area contributed by atoms with Crippen LogP contribution in [-0.2, 0) is 20.9 Å². The van der Waals surface area contributed by atoms with Gasteiger partial charge in [-0.25, -0.2) is 9.59 Å². The van der Waals surface area contributed by atoms with E-state index in [1.54, 1.807) is 34.1 Å². The Labute approximate surface area is 246 Å². The lowest BCUT2D eigenvalue weighted by Crippen LogP contribution is -2.44. The Morgan fingerprint density at radius 1 is 0.762 bits per heavy atom. The molecule has 0 bridgehead atoms. The van der Waals surface area contributed by atoms with Gasteiger partial charge in [0.25, 0.3) is 5.91 Å². The van der Waals surface area contributed by atoms with Gasteiger partial charge in [0.15, 0.2) is 0 Å². The van der Waals surface area contributed by atoms with Crippen LogP contribution in [0.1, 0.15) is 41.8 Å². The van der Waals surface area contributed by atoms with E-state index in [0.29, 0.717) is 24.2 Å². The maximum Gasteiger partial charge on any atom is 0.414 e. The number of hydrogen-bond donors (Lipinski definition) is 2. The molecule has 2 amide bonds. The topological polar surface area (TPSA) is 142 Å². The summed E-state index contributed by atoms with van der Waals surface area (Å²) in [5, 5.41) is 23.9. The number of aliphatic carboxylic acids is 2. The van der Waals surface area contributed by atoms with Gasteiger partial charge in [0.05, 0.1) is 18.2 Å². The molecule has 0 aliphatic heterocycles. The van der Waals surface area contributed by atoms with Gasteiger partial charge < -0.3 is 24.9 Å². The largest absolute Gasteiger partial charge is 0.473 e. The molecule has 10 nitrogen and oxygen atoms in total. The minimum Gasteiger partial charge on any atom is -0.473 e. The second-order valence-electron chi connectivity index (χ2n) is 9.21. The van der Waals surface area contributed by atoms with E-state index < -0.39 is 11.9 Å². The molecule has 0 fully saturated rings. The van der Waals surface area contributed by atoms with E-state index in [0.717, 1.165) is 37.3 Å². The van der Waals surface area contributed by atoms with Gasteiger partial charge in [-0.2, -0.15) is 5.26 Å². The van der Waals surface area contributed by atoms with E-state index in [-0.39, 0.29) is 18.4 Å². The van der Waals surface area contributed by atoms with E-state index in [2.05, 4.69) is 24.8 Å². The van der Waals surface area contributed by atoms with Crippen LogP contribution in [0.5, 0.6) is 0 Å². The van der Waals surface area contributed by atoms with Crippen LogP contribution in [0.15, 0.2) is 84.9 Å². The zero-order valence-corrected chi connectivity index (χ0v) is 23.8. The lowest BCUT2D eigenvalue weighted by molar-refractivity contribution is -0.159. The summed E-state index contributed by atoms with van der Waals surface area (Å²) in [5.41, 5.74) is 2.77. The molecule has 0 spiro atoms. The molecule has 0 atom stereocenters. The van der Waals surface area contributed by atoms with Crippen molar-refractivity contribution in [3.8, 4) is 6.07 Å². The van der Waals surface area contributed by atoms with Crippen molar-refractivity contribution in [1.29, 1.82) is 5.26 Å². The van der Waals surface area contributed by atoms with Gasteiger partial charge in [-0.3, -0.25) is 9.59 Å². The number of para-hydroxylation sites is 1. The van der Waals surface area contributed by atoms with Gasteiger partial charge in [-0.1, -0.05) is 62.4 Å². The summed E-state index contributed by atoms with van der Waals surface area (Å²) in [5.74, 6) is -4.00. The van der Waals surface area contributed by atoms with Crippen molar-refractivity contribution >= 4 is 29.4 Å². The van der Waals surface area contributed by atoms with Crippen LogP contribution in [0.25, 0.3) is 0 Å². The number of nitriles is 1. The highest BCUT2D eigenvalue weighted by molar-refractivity contribution is 6.27. The molecule has 0 heterocycles. The quantitative estimate of drug-likeness (QED) is 0.309. The van der Waals surface area contributed by atoms with Gasteiger partial charge in [0.2, 0.25) is 5.91 Å². The van der Waals surface area contributed by atoms with E-state index in [9.17, 15) is 9.59 Å². The van der Waals surface area contributed by atoms with Crippen LogP contribution < -0.4 is 4.90 Å². The summed E-state index contributed by atoms with van der Waals surface area (Å²) >= 11 is 0. The van der Waals surface area contributed by atoms with Crippen molar-refractivity contribution in [1.82, 2.24) is 9.80 Å². The first kappa shape index (κ1) is 33.2. The molecule has 0 aliphatic carbocycles. The maximum absolute atomic E-state index is 13.7. The lowest BCUT2D eigenvalue weighted by Gasteiger charge is -2.29. The second kappa shape index (κ2) is 17.6. The first-order valence-corrected chi connectivity index (χ1v) is 13.6. The van der Waals surface area contributed by atoms with Crippen molar-refractivity contribution in [2.75, 3.05) is 37.6 Å². The average Bonchev–Trinajstić information content (AvgIpc) is 3.02. The average molecular weight is 573 g/mol. The lowest BCUT2D eigenvalue weighted by atomic mass is 10.1. The van der Waals surface area contributed by atoms with Gasteiger partial charge in [0, 0.05) is 17.8 Å². The Balaban J connectivity index is 0.000000928. The molecule has 10 heteroatoms. The molecule has 42 heavy (non-hydrogen) atoms.